The van der Waals surface area contributed by atoms with Gasteiger partial charge in [-0.1, -0.05) is 43.6 Å². The van der Waals surface area contributed by atoms with E-state index in [1.807, 2.05) is 18.2 Å². The Bertz CT molecular complexity index is 523. The molecule has 1 heterocycles. The van der Waals surface area contributed by atoms with Crippen LogP contribution < -0.4 is 5.32 Å². The molecule has 0 amide bonds. The highest BCUT2D eigenvalue weighted by atomic mass is 35.5. The van der Waals surface area contributed by atoms with E-state index in [4.69, 9.17) is 11.6 Å². The highest BCUT2D eigenvalue weighted by Crippen LogP contribution is 2.20. The summed E-state index contributed by atoms with van der Waals surface area (Å²) in [4.78, 5) is 4.41. The summed E-state index contributed by atoms with van der Waals surface area (Å²) < 4.78 is 0. The number of para-hydroxylation sites is 1. The molecule has 1 N–H and O–H groups in total. The maximum atomic E-state index is 6.19. The predicted molar refractivity (Wildman–Crippen MR) is 77.9 cm³/mol. The van der Waals surface area contributed by atoms with Gasteiger partial charge in [-0.25, -0.2) is 4.98 Å². The van der Waals surface area contributed by atoms with Gasteiger partial charge in [0.1, 0.15) is 5.15 Å². The Hall–Kier alpha value is -1.12. The molecule has 3 heteroatoms. The third-order valence-corrected chi connectivity index (χ3v) is 3.29. The highest BCUT2D eigenvalue weighted by Gasteiger charge is 2.04. The molecule has 1 aromatic heterocycles. The zero-order valence-corrected chi connectivity index (χ0v) is 11.7. The van der Waals surface area contributed by atoms with Crippen molar-refractivity contribution in [3.8, 4) is 0 Å². The maximum absolute atomic E-state index is 6.19. The molecule has 0 saturated heterocycles. The molecule has 0 unspecified atom stereocenters. The molecular weight excluding hydrogens is 244 g/mol. The molecule has 0 aliphatic carbocycles. The van der Waals surface area contributed by atoms with Gasteiger partial charge in [0, 0.05) is 17.5 Å². The van der Waals surface area contributed by atoms with Crippen LogP contribution in [0.25, 0.3) is 10.9 Å². The van der Waals surface area contributed by atoms with Crippen molar-refractivity contribution in [1.82, 2.24) is 10.3 Å². The molecule has 0 fully saturated rings. The van der Waals surface area contributed by atoms with E-state index < -0.39 is 0 Å². The lowest BCUT2D eigenvalue weighted by molar-refractivity contribution is 0.537. The van der Waals surface area contributed by atoms with E-state index >= 15 is 0 Å². The summed E-state index contributed by atoms with van der Waals surface area (Å²) in [5.41, 5.74) is 2.02. The Morgan fingerprint density at radius 3 is 2.83 bits per heavy atom. The standard InChI is InChI=1S/C15H19ClN2/c1-11(2)7-8-17-10-13-9-12-5-3-4-6-14(12)18-15(13)16/h3-6,9,11,17H,7-8,10H2,1-2H3. The van der Waals surface area contributed by atoms with E-state index in [0.717, 1.165) is 35.5 Å². The first kappa shape index (κ1) is 13.3. The zero-order valence-electron chi connectivity index (χ0n) is 10.9. The van der Waals surface area contributed by atoms with E-state index in [1.165, 1.54) is 6.42 Å². The fourth-order valence-electron chi connectivity index (χ4n) is 1.87. The van der Waals surface area contributed by atoms with Gasteiger partial charge in [0.15, 0.2) is 0 Å². The van der Waals surface area contributed by atoms with Crippen molar-refractivity contribution < 1.29 is 0 Å². The Balaban J connectivity index is 2.06. The molecule has 18 heavy (non-hydrogen) atoms. The summed E-state index contributed by atoms with van der Waals surface area (Å²) >= 11 is 6.19. The summed E-state index contributed by atoms with van der Waals surface area (Å²) in [7, 11) is 0. The number of nitrogens with one attached hydrogen (secondary N) is 1. The molecule has 2 nitrogen and oxygen atoms in total. The lowest BCUT2D eigenvalue weighted by atomic mass is 10.1. The summed E-state index contributed by atoms with van der Waals surface area (Å²) in [6.45, 7) is 6.25. The molecule has 2 rings (SSSR count). The van der Waals surface area contributed by atoms with Gasteiger partial charge in [0.05, 0.1) is 5.52 Å². The lowest BCUT2D eigenvalue weighted by Crippen LogP contribution is -2.16. The number of pyridine rings is 1. The number of hydrogen-bond donors (Lipinski definition) is 1. The molecule has 0 spiro atoms. The van der Waals surface area contributed by atoms with E-state index in [2.05, 4.69) is 36.3 Å². The molecule has 0 aliphatic heterocycles. The van der Waals surface area contributed by atoms with Crippen LogP contribution in [0.1, 0.15) is 25.8 Å². The third-order valence-electron chi connectivity index (χ3n) is 2.96. The maximum Gasteiger partial charge on any atom is 0.134 e. The number of hydrogen-bond acceptors (Lipinski definition) is 2. The molecule has 0 bridgehead atoms. The van der Waals surface area contributed by atoms with Crippen molar-refractivity contribution in [2.45, 2.75) is 26.8 Å². The first-order valence-corrected chi connectivity index (χ1v) is 6.79. The number of nitrogens with zero attached hydrogens (tertiary/aromatic N) is 1. The summed E-state index contributed by atoms with van der Waals surface area (Å²) in [6.07, 6.45) is 1.18. The van der Waals surface area contributed by atoms with Crippen molar-refractivity contribution >= 4 is 22.5 Å². The van der Waals surface area contributed by atoms with Crippen molar-refractivity contribution in [3.63, 3.8) is 0 Å². The Labute approximate surface area is 113 Å². The fourth-order valence-corrected chi connectivity index (χ4v) is 2.09. The lowest BCUT2D eigenvalue weighted by Gasteiger charge is -2.09. The normalized spacial score (nSPS) is 11.3. The predicted octanol–water partition coefficient (Wildman–Crippen LogP) is 4.02. The monoisotopic (exact) mass is 262 g/mol. The second-order valence-corrected chi connectivity index (χ2v) is 5.35. The minimum absolute atomic E-state index is 0.603. The Kier molecular flexibility index (Phi) is 4.56. The molecule has 1 aromatic carbocycles. The van der Waals surface area contributed by atoms with Crippen LogP contribution in [0.2, 0.25) is 5.15 Å². The van der Waals surface area contributed by atoms with E-state index in [1.54, 1.807) is 0 Å². The van der Waals surface area contributed by atoms with Gasteiger partial charge < -0.3 is 5.32 Å². The second kappa shape index (κ2) is 6.17. The van der Waals surface area contributed by atoms with Crippen molar-refractivity contribution in [2.75, 3.05) is 6.54 Å². The van der Waals surface area contributed by atoms with Crippen LogP contribution in [-0.4, -0.2) is 11.5 Å². The largest absolute Gasteiger partial charge is 0.313 e. The van der Waals surface area contributed by atoms with E-state index in [0.29, 0.717) is 5.15 Å². The number of aromatic nitrogens is 1. The number of benzene rings is 1. The average Bonchev–Trinajstić information content (AvgIpc) is 2.34. The topological polar surface area (TPSA) is 24.9 Å². The molecule has 0 radical (unpaired) electrons. The number of rotatable bonds is 5. The van der Waals surface area contributed by atoms with Crippen LogP contribution in [0.15, 0.2) is 30.3 Å². The average molecular weight is 263 g/mol. The quantitative estimate of drug-likeness (QED) is 0.650. The minimum atomic E-state index is 0.603. The zero-order chi connectivity index (χ0) is 13.0. The Morgan fingerprint density at radius 2 is 2.06 bits per heavy atom. The molecule has 0 aliphatic rings. The summed E-state index contributed by atoms with van der Waals surface area (Å²) in [5.74, 6) is 0.725. The fraction of sp³-hybridized carbons (Fsp3) is 0.400. The number of halogens is 1. The van der Waals surface area contributed by atoms with Gasteiger partial charge in [-0.15, -0.1) is 0 Å². The SMILES string of the molecule is CC(C)CCNCc1cc2ccccc2nc1Cl. The van der Waals surface area contributed by atoms with Gasteiger partial charge in [0.25, 0.3) is 0 Å². The van der Waals surface area contributed by atoms with Gasteiger partial charge >= 0.3 is 0 Å². The van der Waals surface area contributed by atoms with Crippen LogP contribution in [0, 0.1) is 5.92 Å². The first-order valence-electron chi connectivity index (χ1n) is 6.41. The van der Waals surface area contributed by atoms with Gasteiger partial charge in [-0.2, -0.15) is 0 Å². The first-order chi connectivity index (χ1) is 8.66. The molecule has 0 atom stereocenters. The molecule has 2 aromatic rings. The molecule has 0 saturated carbocycles. The van der Waals surface area contributed by atoms with Crippen LogP contribution in [0.3, 0.4) is 0 Å². The number of fused-ring (bicyclic) bond motifs is 1. The van der Waals surface area contributed by atoms with E-state index in [-0.39, 0.29) is 0 Å². The van der Waals surface area contributed by atoms with Crippen molar-refractivity contribution in [2.24, 2.45) is 5.92 Å². The van der Waals surface area contributed by atoms with E-state index in [9.17, 15) is 0 Å². The third kappa shape index (κ3) is 3.44. The van der Waals surface area contributed by atoms with Crippen molar-refractivity contribution in [3.05, 3.63) is 41.0 Å². The summed E-state index contributed by atoms with van der Waals surface area (Å²) in [5, 5.41) is 5.16. The minimum Gasteiger partial charge on any atom is -0.313 e. The van der Waals surface area contributed by atoms with Crippen molar-refractivity contribution in [1.29, 1.82) is 0 Å². The van der Waals surface area contributed by atoms with Gasteiger partial charge in [-0.05, 0) is 31.0 Å². The van der Waals surface area contributed by atoms with Gasteiger partial charge in [0.2, 0.25) is 0 Å². The Morgan fingerprint density at radius 1 is 1.28 bits per heavy atom. The van der Waals surface area contributed by atoms with Crippen LogP contribution in [-0.2, 0) is 6.54 Å². The van der Waals surface area contributed by atoms with Crippen LogP contribution >= 0.6 is 11.6 Å². The highest BCUT2D eigenvalue weighted by molar-refractivity contribution is 6.30. The van der Waals surface area contributed by atoms with Gasteiger partial charge in [-0.3, -0.25) is 0 Å². The van der Waals surface area contributed by atoms with Crippen LogP contribution in [0.5, 0.6) is 0 Å². The summed E-state index contributed by atoms with van der Waals surface area (Å²) in [6, 6.07) is 10.2. The second-order valence-electron chi connectivity index (χ2n) is 4.99. The molecule has 96 valence electrons. The molecular formula is C15H19ClN2. The van der Waals surface area contributed by atoms with Crippen LogP contribution in [0.4, 0.5) is 0 Å². The smallest absolute Gasteiger partial charge is 0.134 e.